The van der Waals surface area contributed by atoms with Gasteiger partial charge in [0.2, 0.25) is 0 Å². The van der Waals surface area contributed by atoms with E-state index in [-0.39, 0.29) is 11.0 Å². The first-order valence-electron chi connectivity index (χ1n) is 4.86. The third kappa shape index (κ3) is 2.63. The number of hydrogen-bond donors (Lipinski definition) is 0. The molecule has 1 saturated carbocycles. The van der Waals surface area contributed by atoms with Gasteiger partial charge in [0, 0.05) is 35.1 Å². The molecule has 2 nitrogen and oxygen atoms in total. The molecule has 0 aromatic carbocycles. The molecule has 0 saturated heterocycles. The fraction of sp³-hybridized carbons (Fsp3) is 0.900. The van der Waals surface area contributed by atoms with Gasteiger partial charge in [-0.1, -0.05) is 13.8 Å². The van der Waals surface area contributed by atoms with Gasteiger partial charge in [-0.2, -0.15) is 0 Å². The molecule has 1 fully saturated rings. The summed E-state index contributed by atoms with van der Waals surface area (Å²) in [4.78, 5) is 11.2. The average molecular weight is 202 g/mol. The van der Waals surface area contributed by atoms with E-state index in [1.807, 2.05) is 0 Å². The Hall–Kier alpha value is -0.180. The lowest BCUT2D eigenvalue weighted by Crippen LogP contribution is -2.35. The van der Waals surface area contributed by atoms with Crippen LogP contribution in [-0.2, 0) is 15.6 Å². The molecule has 0 aromatic rings. The normalized spacial score (nSPS) is 32.2. The lowest BCUT2D eigenvalue weighted by atomic mass is 9.81. The standard InChI is InChI=1S/C10H18O2S/c1-7(2)9-5-4-8(11)6-10(9)13(3)12/h7,9-10H,4-6H2,1-3H3. The lowest BCUT2D eigenvalue weighted by molar-refractivity contribution is -0.121. The number of rotatable bonds is 2. The number of hydrogen-bond acceptors (Lipinski definition) is 2. The predicted molar refractivity (Wildman–Crippen MR) is 55.0 cm³/mol. The second kappa shape index (κ2) is 4.36. The van der Waals surface area contributed by atoms with Crippen LogP contribution in [-0.4, -0.2) is 21.5 Å². The molecule has 0 amide bonds. The Kier molecular flexibility index (Phi) is 3.65. The van der Waals surface area contributed by atoms with Crippen LogP contribution in [0.5, 0.6) is 0 Å². The molecule has 0 radical (unpaired) electrons. The highest BCUT2D eigenvalue weighted by Crippen LogP contribution is 2.31. The summed E-state index contributed by atoms with van der Waals surface area (Å²) in [5, 5.41) is 0.112. The van der Waals surface area contributed by atoms with Crippen LogP contribution in [0.25, 0.3) is 0 Å². The van der Waals surface area contributed by atoms with E-state index in [4.69, 9.17) is 0 Å². The topological polar surface area (TPSA) is 34.1 Å². The van der Waals surface area contributed by atoms with Crippen molar-refractivity contribution in [2.75, 3.05) is 6.26 Å². The Balaban J connectivity index is 2.71. The van der Waals surface area contributed by atoms with E-state index in [1.165, 1.54) is 0 Å². The fourth-order valence-electron chi connectivity index (χ4n) is 2.12. The first-order valence-corrected chi connectivity index (χ1v) is 6.48. The fourth-order valence-corrected chi connectivity index (χ4v) is 3.48. The Bertz CT molecular complexity index is 223. The van der Waals surface area contributed by atoms with Gasteiger partial charge in [-0.15, -0.1) is 0 Å². The van der Waals surface area contributed by atoms with E-state index in [0.29, 0.717) is 24.7 Å². The van der Waals surface area contributed by atoms with Crippen LogP contribution in [0.3, 0.4) is 0 Å². The first-order chi connectivity index (χ1) is 6.02. The maximum Gasteiger partial charge on any atom is 0.134 e. The summed E-state index contributed by atoms with van der Waals surface area (Å²) in [6.07, 6.45) is 3.88. The van der Waals surface area contributed by atoms with Gasteiger partial charge in [0.1, 0.15) is 5.78 Å². The molecule has 3 atom stereocenters. The minimum atomic E-state index is -0.844. The van der Waals surface area contributed by atoms with Crippen LogP contribution >= 0.6 is 0 Å². The molecule has 1 aliphatic carbocycles. The maximum absolute atomic E-state index is 11.4. The molecule has 0 heterocycles. The smallest absolute Gasteiger partial charge is 0.134 e. The quantitative estimate of drug-likeness (QED) is 0.683. The van der Waals surface area contributed by atoms with Gasteiger partial charge in [0.15, 0.2) is 0 Å². The third-order valence-electron chi connectivity index (χ3n) is 2.95. The van der Waals surface area contributed by atoms with Crippen molar-refractivity contribution in [3.05, 3.63) is 0 Å². The Morgan fingerprint density at radius 3 is 2.54 bits per heavy atom. The van der Waals surface area contributed by atoms with Crippen molar-refractivity contribution in [2.45, 2.75) is 38.4 Å². The summed E-state index contributed by atoms with van der Waals surface area (Å²) >= 11 is 0. The van der Waals surface area contributed by atoms with Crippen molar-refractivity contribution in [3.8, 4) is 0 Å². The summed E-state index contributed by atoms with van der Waals surface area (Å²) < 4.78 is 11.4. The lowest BCUT2D eigenvalue weighted by Gasteiger charge is -2.32. The molecule has 0 N–H and O–H groups in total. The molecule has 0 aromatic heterocycles. The van der Waals surface area contributed by atoms with Crippen molar-refractivity contribution < 1.29 is 9.00 Å². The summed E-state index contributed by atoms with van der Waals surface area (Å²) in [6, 6.07) is 0. The molecule has 1 aliphatic rings. The largest absolute Gasteiger partial charge is 0.300 e. The highest BCUT2D eigenvalue weighted by Gasteiger charge is 2.33. The van der Waals surface area contributed by atoms with Gasteiger partial charge in [-0.25, -0.2) is 0 Å². The van der Waals surface area contributed by atoms with Gasteiger partial charge in [-0.05, 0) is 18.3 Å². The van der Waals surface area contributed by atoms with Crippen LogP contribution in [0.2, 0.25) is 0 Å². The van der Waals surface area contributed by atoms with E-state index >= 15 is 0 Å². The van der Waals surface area contributed by atoms with Crippen molar-refractivity contribution >= 4 is 16.6 Å². The minimum absolute atomic E-state index is 0.112. The van der Waals surface area contributed by atoms with Crippen LogP contribution < -0.4 is 0 Å². The van der Waals surface area contributed by atoms with Crippen molar-refractivity contribution in [1.82, 2.24) is 0 Å². The highest BCUT2D eigenvalue weighted by atomic mass is 32.2. The van der Waals surface area contributed by atoms with E-state index in [0.717, 1.165) is 6.42 Å². The predicted octanol–water partition coefficient (Wildman–Crippen LogP) is 1.76. The van der Waals surface area contributed by atoms with Crippen LogP contribution in [0.15, 0.2) is 0 Å². The zero-order valence-corrected chi connectivity index (χ0v) is 9.39. The van der Waals surface area contributed by atoms with Crippen molar-refractivity contribution in [2.24, 2.45) is 11.8 Å². The molecule has 1 rings (SSSR count). The average Bonchev–Trinajstić information content (AvgIpc) is 2.03. The molecule has 3 unspecified atom stereocenters. The summed E-state index contributed by atoms with van der Waals surface area (Å²) in [6.45, 7) is 4.31. The van der Waals surface area contributed by atoms with Gasteiger partial charge < -0.3 is 0 Å². The van der Waals surface area contributed by atoms with Gasteiger partial charge in [-0.3, -0.25) is 9.00 Å². The second-order valence-corrected chi connectivity index (χ2v) is 5.83. The van der Waals surface area contributed by atoms with Crippen LogP contribution in [0, 0.1) is 11.8 Å². The monoisotopic (exact) mass is 202 g/mol. The Morgan fingerprint density at radius 2 is 2.08 bits per heavy atom. The number of carbonyl (C=O) groups excluding carboxylic acids is 1. The molecule has 0 aliphatic heterocycles. The molecule has 13 heavy (non-hydrogen) atoms. The van der Waals surface area contributed by atoms with Crippen molar-refractivity contribution in [1.29, 1.82) is 0 Å². The van der Waals surface area contributed by atoms with Gasteiger partial charge in [0.25, 0.3) is 0 Å². The van der Waals surface area contributed by atoms with E-state index in [9.17, 15) is 9.00 Å². The zero-order valence-electron chi connectivity index (χ0n) is 8.58. The summed E-state index contributed by atoms with van der Waals surface area (Å²) in [5.41, 5.74) is 0. The first kappa shape index (κ1) is 10.9. The van der Waals surface area contributed by atoms with Crippen molar-refractivity contribution in [3.63, 3.8) is 0 Å². The Morgan fingerprint density at radius 1 is 1.46 bits per heavy atom. The zero-order chi connectivity index (χ0) is 10.0. The number of carbonyl (C=O) groups is 1. The molecule has 0 spiro atoms. The molecular formula is C10H18O2S. The highest BCUT2D eigenvalue weighted by molar-refractivity contribution is 7.84. The molecular weight excluding hydrogens is 184 g/mol. The summed E-state index contributed by atoms with van der Waals surface area (Å²) in [7, 11) is -0.844. The molecule has 76 valence electrons. The summed E-state index contributed by atoms with van der Waals surface area (Å²) in [5.74, 6) is 1.31. The molecule has 0 bridgehead atoms. The second-order valence-electron chi connectivity index (χ2n) is 4.23. The van der Waals surface area contributed by atoms with Gasteiger partial charge >= 0.3 is 0 Å². The molecule has 3 heteroatoms. The number of Topliss-reactive ketones (excluding diaryl/α,β-unsaturated/α-hetero) is 1. The minimum Gasteiger partial charge on any atom is -0.300 e. The van der Waals surface area contributed by atoms with E-state index in [2.05, 4.69) is 13.8 Å². The van der Waals surface area contributed by atoms with Crippen LogP contribution in [0.4, 0.5) is 0 Å². The van der Waals surface area contributed by atoms with E-state index in [1.54, 1.807) is 6.26 Å². The SMILES string of the molecule is CC(C)C1CCC(=O)CC1S(C)=O. The van der Waals surface area contributed by atoms with E-state index < -0.39 is 10.8 Å². The Labute approximate surface area is 82.6 Å². The third-order valence-corrected chi connectivity index (χ3v) is 4.31. The maximum atomic E-state index is 11.4. The van der Waals surface area contributed by atoms with Crippen LogP contribution in [0.1, 0.15) is 33.1 Å². The van der Waals surface area contributed by atoms with Gasteiger partial charge in [0.05, 0.1) is 0 Å². The number of ketones is 1.